The molecule has 0 spiro atoms. The van der Waals surface area contributed by atoms with E-state index >= 15 is 0 Å². The summed E-state index contributed by atoms with van der Waals surface area (Å²) in [7, 11) is -3.67. The molecule has 0 amide bonds. The molecule has 1 aliphatic rings. The predicted molar refractivity (Wildman–Crippen MR) is 124 cm³/mol. The Morgan fingerprint density at radius 3 is 2.39 bits per heavy atom. The SMILES string of the molecule is CC(C)c1ccc(S(=O)(=O)c2ccc(N3CCOCC3)cc2Sc2ccccn2)cc1. The average molecular weight is 455 g/mol. The van der Waals surface area contributed by atoms with Gasteiger partial charge in [-0.3, -0.25) is 0 Å². The lowest BCUT2D eigenvalue weighted by atomic mass is 10.0. The maximum absolute atomic E-state index is 13.5. The summed E-state index contributed by atoms with van der Waals surface area (Å²) in [5.74, 6) is 0.347. The molecule has 0 atom stereocenters. The van der Waals surface area contributed by atoms with Crippen molar-refractivity contribution in [1.82, 2.24) is 4.98 Å². The van der Waals surface area contributed by atoms with Crippen LogP contribution < -0.4 is 4.90 Å². The van der Waals surface area contributed by atoms with Gasteiger partial charge in [-0.2, -0.15) is 0 Å². The van der Waals surface area contributed by atoms with E-state index in [2.05, 4.69) is 23.7 Å². The van der Waals surface area contributed by atoms with Gasteiger partial charge in [-0.25, -0.2) is 13.4 Å². The topological polar surface area (TPSA) is 59.5 Å². The second-order valence-corrected chi connectivity index (χ2v) is 10.7. The zero-order chi connectivity index (χ0) is 21.8. The van der Waals surface area contributed by atoms with E-state index in [1.54, 1.807) is 24.4 Å². The van der Waals surface area contributed by atoms with Crippen LogP contribution in [0.5, 0.6) is 0 Å². The van der Waals surface area contributed by atoms with E-state index in [1.807, 2.05) is 42.5 Å². The molecule has 3 aromatic rings. The van der Waals surface area contributed by atoms with E-state index < -0.39 is 9.84 Å². The first-order valence-electron chi connectivity index (χ1n) is 10.4. The molecule has 0 N–H and O–H groups in total. The maximum Gasteiger partial charge on any atom is 0.207 e. The minimum absolute atomic E-state index is 0.303. The lowest BCUT2D eigenvalue weighted by Crippen LogP contribution is -2.36. The average Bonchev–Trinajstić information content (AvgIpc) is 2.80. The molecule has 4 rings (SSSR count). The number of hydrogen-bond acceptors (Lipinski definition) is 6. The number of aromatic nitrogens is 1. The molecule has 31 heavy (non-hydrogen) atoms. The highest BCUT2D eigenvalue weighted by molar-refractivity contribution is 8.00. The quantitative estimate of drug-likeness (QED) is 0.521. The molecule has 2 heterocycles. The van der Waals surface area contributed by atoms with Gasteiger partial charge in [0, 0.05) is 29.9 Å². The first-order valence-corrected chi connectivity index (χ1v) is 12.7. The Morgan fingerprint density at radius 1 is 1.00 bits per heavy atom. The van der Waals surface area contributed by atoms with E-state index in [1.165, 1.54) is 11.8 Å². The van der Waals surface area contributed by atoms with Crippen LogP contribution in [0, 0.1) is 0 Å². The minimum Gasteiger partial charge on any atom is -0.378 e. The summed E-state index contributed by atoms with van der Waals surface area (Å²) in [5.41, 5.74) is 2.11. The normalized spacial score (nSPS) is 14.7. The molecule has 1 fully saturated rings. The van der Waals surface area contributed by atoms with Gasteiger partial charge < -0.3 is 9.64 Å². The fourth-order valence-electron chi connectivity index (χ4n) is 3.50. The van der Waals surface area contributed by atoms with Crippen LogP contribution in [-0.2, 0) is 14.6 Å². The number of hydrogen-bond donors (Lipinski definition) is 0. The third-order valence-corrected chi connectivity index (χ3v) is 8.27. The van der Waals surface area contributed by atoms with Crippen LogP contribution in [0.3, 0.4) is 0 Å². The van der Waals surface area contributed by atoms with Crippen molar-refractivity contribution in [2.75, 3.05) is 31.2 Å². The van der Waals surface area contributed by atoms with Gasteiger partial charge in [0.25, 0.3) is 0 Å². The predicted octanol–water partition coefficient (Wildman–Crippen LogP) is 5.03. The van der Waals surface area contributed by atoms with E-state index in [0.717, 1.165) is 29.4 Å². The molecule has 0 unspecified atom stereocenters. The van der Waals surface area contributed by atoms with E-state index in [0.29, 0.717) is 33.8 Å². The van der Waals surface area contributed by atoms with Crippen LogP contribution in [0.25, 0.3) is 0 Å². The fourth-order valence-corrected chi connectivity index (χ4v) is 6.10. The largest absolute Gasteiger partial charge is 0.378 e. The van der Waals surface area contributed by atoms with Crippen molar-refractivity contribution in [1.29, 1.82) is 0 Å². The first-order chi connectivity index (χ1) is 14.9. The summed E-state index contributed by atoms with van der Waals surface area (Å²) in [6, 6.07) is 18.4. The maximum atomic E-state index is 13.5. The van der Waals surface area contributed by atoms with Gasteiger partial charge in [0.1, 0.15) is 5.03 Å². The molecule has 0 saturated carbocycles. The third-order valence-electron chi connectivity index (χ3n) is 5.30. The molecule has 162 valence electrons. The van der Waals surface area contributed by atoms with Crippen LogP contribution in [-0.4, -0.2) is 39.7 Å². The second-order valence-electron chi connectivity index (χ2n) is 7.73. The van der Waals surface area contributed by atoms with Crippen molar-refractivity contribution in [2.24, 2.45) is 0 Å². The number of nitrogens with zero attached hydrogens (tertiary/aromatic N) is 2. The van der Waals surface area contributed by atoms with Crippen molar-refractivity contribution in [3.8, 4) is 0 Å². The Morgan fingerprint density at radius 2 is 1.74 bits per heavy atom. The molecule has 2 aromatic carbocycles. The highest BCUT2D eigenvalue weighted by Gasteiger charge is 2.24. The lowest BCUT2D eigenvalue weighted by Gasteiger charge is -2.29. The Labute approximate surface area is 188 Å². The summed E-state index contributed by atoms with van der Waals surface area (Å²) in [5, 5.41) is 0.758. The number of benzene rings is 2. The standard InChI is InChI=1S/C24H26N2O3S2/c1-18(2)19-6-9-21(10-7-19)31(27,28)23-11-8-20(26-13-15-29-16-14-26)17-22(23)30-24-5-3-4-12-25-24/h3-12,17-18H,13-16H2,1-2H3. The molecule has 1 saturated heterocycles. The summed E-state index contributed by atoms with van der Waals surface area (Å²) < 4.78 is 32.5. The molecular formula is C24H26N2O3S2. The molecule has 5 nitrogen and oxygen atoms in total. The fraction of sp³-hybridized carbons (Fsp3) is 0.292. The monoisotopic (exact) mass is 454 g/mol. The molecular weight excluding hydrogens is 428 g/mol. The lowest BCUT2D eigenvalue weighted by molar-refractivity contribution is 0.122. The van der Waals surface area contributed by atoms with Gasteiger partial charge in [0.2, 0.25) is 9.84 Å². The van der Waals surface area contributed by atoms with E-state index in [4.69, 9.17) is 4.74 Å². The highest BCUT2D eigenvalue weighted by atomic mass is 32.2. The van der Waals surface area contributed by atoms with Crippen LogP contribution in [0.2, 0.25) is 0 Å². The Kier molecular flexibility index (Phi) is 6.65. The summed E-state index contributed by atoms with van der Waals surface area (Å²) in [6.45, 7) is 7.10. The number of ether oxygens (including phenoxy) is 1. The van der Waals surface area contributed by atoms with Crippen molar-refractivity contribution >= 4 is 27.3 Å². The van der Waals surface area contributed by atoms with E-state index in [-0.39, 0.29) is 0 Å². The smallest absolute Gasteiger partial charge is 0.207 e. The summed E-state index contributed by atoms with van der Waals surface area (Å²) >= 11 is 1.37. The van der Waals surface area contributed by atoms with Crippen LogP contribution in [0.15, 0.2) is 86.6 Å². The van der Waals surface area contributed by atoms with E-state index in [9.17, 15) is 8.42 Å². The third kappa shape index (κ3) is 4.95. The van der Waals surface area contributed by atoms with Gasteiger partial charge in [-0.05, 0) is 53.9 Å². The summed E-state index contributed by atoms with van der Waals surface area (Å²) in [6.07, 6.45) is 1.72. The van der Waals surface area contributed by atoms with Gasteiger partial charge in [-0.15, -0.1) is 0 Å². The number of morpholine rings is 1. The molecule has 0 bridgehead atoms. The highest BCUT2D eigenvalue weighted by Crippen LogP contribution is 2.37. The van der Waals surface area contributed by atoms with Crippen molar-refractivity contribution < 1.29 is 13.2 Å². The molecule has 0 radical (unpaired) electrons. The molecule has 1 aliphatic heterocycles. The minimum atomic E-state index is -3.67. The Hall–Kier alpha value is -2.35. The number of pyridine rings is 1. The molecule has 0 aliphatic carbocycles. The second kappa shape index (κ2) is 9.42. The number of sulfone groups is 1. The van der Waals surface area contributed by atoms with Gasteiger partial charge in [0.05, 0.1) is 23.0 Å². The van der Waals surface area contributed by atoms with Gasteiger partial charge >= 0.3 is 0 Å². The Bertz CT molecular complexity index is 1130. The van der Waals surface area contributed by atoms with Crippen molar-refractivity contribution in [3.63, 3.8) is 0 Å². The zero-order valence-corrected chi connectivity index (χ0v) is 19.3. The van der Waals surface area contributed by atoms with Crippen LogP contribution in [0.4, 0.5) is 5.69 Å². The molecule has 7 heteroatoms. The zero-order valence-electron chi connectivity index (χ0n) is 17.7. The van der Waals surface area contributed by atoms with Gasteiger partial charge in [0.15, 0.2) is 0 Å². The van der Waals surface area contributed by atoms with Crippen LogP contribution >= 0.6 is 11.8 Å². The Balaban J connectivity index is 1.75. The number of rotatable bonds is 6. The van der Waals surface area contributed by atoms with Crippen molar-refractivity contribution in [2.45, 2.75) is 39.5 Å². The van der Waals surface area contributed by atoms with Crippen molar-refractivity contribution in [3.05, 3.63) is 72.4 Å². The molecule has 1 aromatic heterocycles. The number of anilines is 1. The summed E-state index contributed by atoms with van der Waals surface area (Å²) in [4.78, 5) is 7.88. The van der Waals surface area contributed by atoms with Crippen LogP contribution in [0.1, 0.15) is 25.3 Å². The first kappa shape index (κ1) is 21.9. The van der Waals surface area contributed by atoms with Gasteiger partial charge in [-0.1, -0.05) is 43.8 Å².